The Balaban J connectivity index is 2.43. The number of nitrogens with one attached hydrogen (secondary N) is 2. The van der Waals surface area contributed by atoms with E-state index in [0.29, 0.717) is 4.88 Å². The zero-order valence-electron chi connectivity index (χ0n) is 9.79. The highest BCUT2D eigenvalue weighted by Crippen LogP contribution is 2.16. The van der Waals surface area contributed by atoms with Gasteiger partial charge in [0.05, 0.1) is 4.88 Å². The largest absolute Gasteiger partial charge is 0.375 e. The highest BCUT2D eigenvalue weighted by Gasteiger charge is 2.08. The number of thiocarbonyl (C=S) groups is 1. The van der Waals surface area contributed by atoms with Crippen LogP contribution in [0.25, 0.3) is 0 Å². The Morgan fingerprint density at radius 3 is 2.88 bits per heavy atom. The van der Waals surface area contributed by atoms with Gasteiger partial charge >= 0.3 is 0 Å². The van der Waals surface area contributed by atoms with Crippen molar-refractivity contribution >= 4 is 34.6 Å². The van der Waals surface area contributed by atoms with Gasteiger partial charge in [0, 0.05) is 0 Å². The zero-order chi connectivity index (χ0) is 12.7. The van der Waals surface area contributed by atoms with Crippen molar-refractivity contribution in [2.24, 2.45) is 5.73 Å². The first-order chi connectivity index (χ1) is 8.13. The first-order valence-corrected chi connectivity index (χ1v) is 6.85. The van der Waals surface area contributed by atoms with Gasteiger partial charge in [0.25, 0.3) is 5.91 Å². The molecule has 0 aliphatic heterocycles. The molecular weight excluding hydrogens is 254 g/mol. The second kappa shape index (κ2) is 7.24. The van der Waals surface area contributed by atoms with Crippen molar-refractivity contribution in [2.75, 3.05) is 0 Å². The number of aryl methyl sites for hydroxylation is 1. The van der Waals surface area contributed by atoms with Crippen LogP contribution < -0.4 is 16.6 Å². The number of nitrogens with two attached hydrogens (primary N) is 1. The summed E-state index contributed by atoms with van der Waals surface area (Å²) >= 11 is 6.03. The molecule has 6 heteroatoms. The fourth-order valence-electron chi connectivity index (χ4n) is 1.38. The van der Waals surface area contributed by atoms with Crippen LogP contribution in [0.2, 0.25) is 0 Å². The fraction of sp³-hybridized carbons (Fsp3) is 0.455. The van der Waals surface area contributed by atoms with Gasteiger partial charge in [0.2, 0.25) is 0 Å². The minimum absolute atomic E-state index is 0.0538. The van der Waals surface area contributed by atoms with Crippen molar-refractivity contribution in [2.45, 2.75) is 32.6 Å². The maximum absolute atomic E-state index is 11.6. The molecule has 0 fully saturated rings. The third kappa shape index (κ3) is 5.14. The van der Waals surface area contributed by atoms with Gasteiger partial charge in [-0.05, 0) is 42.1 Å². The third-order valence-corrected chi connectivity index (χ3v) is 3.33. The number of thiophene rings is 1. The van der Waals surface area contributed by atoms with Crippen molar-refractivity contribution in [3.05, 3.63) is 21.9 Å². The van der Waals surface area contributed by atoms with E-state index in [0.717, 1.165) is 6.42 Å². The SMILES string of the molecule is CCCCCc1csc(C(=O)NNC(N)=S)c1. The fourth-order valence-corrected chi connectivity index (χ4v) is 2.28. The number of hydrogen-bond donors (Lipinski definition) is 3. The summed E-state index contributed by atoms with van der Waals surface area (Å²) < 4.78 is 0. The molecule has 1 aromatic rings. The topological polar surface area (TPSA) is 67.2 Å². The lowest BCUT2D eigenvalue weighted by Crippen LogP contribution is -2.44. The van der Waals surface area contributed by atoms with Gasteiger partial charge in [-0.2, -0.15) is 0 Å². The second-order valence-electron chi connectivity index (χ2n) is 3.72. The molecule has 0 atom stereocenters. The molecule has 1 aromatic heterocycles. The van der Waals surface area contributed by atoms with Gasteiger partial charge in [0.1, 0.15) is 0 Å². The lowest BCUT2D eigenvalue weighted by atomic mass is 10.1. The molecule has 0 unspecified atom stereocenters. The molecule has 0 saturated carbocycles. The van der Waals surface area contributed by atoms with Gasteiger partial charge in [-0.15, -0.1) is 11.3 Å². The number of hydrogen-bond acceptors (Lipinski definition) is 3. The molecule has 0 saturated heterocycles. The third-order valence-electron chi connectivity index (χ3n) is 2.25. The van der Waals surface area contributed by atoms with E-state index in [1.54, 1.807) is 0 Å². The quantitative estimate of drug-likeness (QED) is 0.435. The predicted octanol–water partition coefficient (Wildman–Crippen LogP) is 1.96. The lowest BCUT2D eigenvalue weighted by molar-refractivity contribution is 0.0948. The summed E-state index contributed by atoms with van der Waals surface area (Å²) in [6.45, 7) is 2.17. The van der Waals surface area contributed by atoms with Gasteiger partial charge in [-0.3, -0.25) is 15.6 Å². The van der Waals surface area contributed by atoms with Crippen LogP contribution in [0.3, 0.4) is 0 Å². The van der Waals surface area contributed by atoms with Gasteiger partial charge in [-0.25, -0.2) is 0 Å². The molecule has 4 N–H and O–H groups in total. The minimum Gasteiger partial charge on any atom is -0.375 e. The van der Waals surface area contributed by atoms with Gasteiger partial charge in [0.15, 0.2) is 5.11 Å². The van der Waals surface area contributed by atoms with E-state index in [-0.39, 0.29) is 11.0 Å². The molecule has 17 heavy (non-hydrogen) atoms. The van der Waals surface area contributed by atoms with E-state index in [9.17, 15) is 4.79 Å². The molecule has 94 valence electrons. The van der Waals surface area contributed by atoms with Crippen molar-refractivity contribution in [1.82, 2.24) is 10.9 Å². The Bertz CT molecular complexity index is 390. The average molecular weight is 271 g/mol. The summed E-state index contributed by atoms with van der Waals surface area (Å²) in [5, 5.41) is 2.07. The smallest absolute Gasteiger partial charge is 0.279 e. The second-order valence-corrected chi connectivity index (χ2v) is 5.07. The molecule has 0 aliphatic rings. The maximum atomic E-state index is 11.6. The number of unbranched alkanes of at least 4 members (excludes halogenated alkanes) is 2. The first kappa shape index (κ1) is 13.9. The van der Waals surface area contributed by atoms with Crippen LogP contribution in [-0.4, -0.2) is 11.0 Å². The monoisotopic (exact) mass is 271 g/mol. The number of rotatable bonds is 5. The predicted molar refractivity (Wildman–Crippen MR) is 74.9 cm³/mol. The molecule has 0 aliphatic carbocycles. The van der Waals surface area contributed by atoms with Crippen LogP contribution in [-0.2, 0) is 6.42 Å². The minimum atomic E-state index is -0.204. The van der Waals surface area contributed by atoms with E-state index < -0.39 is 0 Å². The highest BCUT2D eigenvalue weighted by atomic mass is 32.1. The summed E-state index contributed by atoms with van der Waals surface area (Å²) in [7, 11) is 0. The Labute approximate surface area is 111 Å². The summed E-state index contributed by atoms with van der Waals surface area (Å²) in [5.74, 6) is -0.204. The molecule has 0 bridgehead atoms. The molecule has 1 rings (SSSR count). The van der Waals surface area contributed by atoms with Crippen LogP contribution in [0.1, 0.15) is 41.4 Å². The van der Waals surface area contributed by atoms with Crippen LogP contribution >= 0.6 is 23.6 Å². The molecule has 0 aromatic carbocycles. The molecule has 1 amide bonds. The summed E-state index contributed by atoms with van der Waals surface area (Å²) in [4.78, 5) is 12.3. The van der Waals surface area contributed by atoms with E-state index in [1.807, 2.05) is 11.4 Å². The highest BCUT2D eigenvalue weighted by molar-refractivity contribution is 7.80. The van der Waals surface area contributed by atoms with Crippen LogP contribution in [0, 0.1) is 0 Å². The number of carbonyl (C=O) groups is 1. The Morgan fingerprint density at radius 1 is 1.47 bits per heavy atom. The summed E-state index contributed by atoms with van der Waals surface area (Å²) in [6.07, 6.45) is 4.62. The number of amides is 1. The summed E-state index contributed by atoms with van der Waals surface area (Å²) in [5.41, 5.74) is 11.3. The number of hydrazine groups is 1. The van der Waals surface area contributed by atoms with Crippen molar-refractivity contribution in [1.29, 1.82) is 0 Å². The van der Waals surface area contributed by atoms with E-state index in [1.165, 1.54) is 36.2 Å². The van der Waals surface area contributed by atoms with E-state index >= 15 is 0 Å². The normalized spacial score (nSPS) is 9.94. The maximum Gasteiger partial charge on any atom is 0.279 e. The Kier molecular flexibility index (Phi) is 5.93. The Hall–Kier alpha value is -1.14. The van der Waals surface area contributed by atoms with Crippen molar-refractivity contribution in [3.8, 4) is 0 Å². The van der Waals surface area contributed by atoms with Crippen LogP contribution in [0.5, 0.6) is 0 Å². The van der Waals surface area contributed by atoms with Crippen molar-refractivity contribution in [3.63, 3.8) is 0 Å². The standard InChI is InChI=1S/C11H17N3OS2/c1-2-3-4-5-8-6-9(17-7-8)10(15)13-14-11(12)16/h6-7H,2-5H2,1H3,(H,13,15)(H3,12,14,16). The average Bonchev–Trinajstić information content (AvgIpc) is 2.75. The molecule has 1 heterocycles. The van der Waals surface area contributed by atoms with E-state index in [4.69, 9.17) is 5.73 Å². The molecule has 0 spiro atoms. The first-order valence-electron chi connectivity index (χ1n) is 5.56. The zero-order valence-corrected chi connectivity index (χ0v) is 11.4. The molecule has 4 nitrogen and oxygen atoms in total. The molecular formula is C11H17N3OS2. The van der Waals surface area contributed by atoms with Crippen LogP contribution in [0.15, 0.2) is 11.4 Å². The van der Waals surface area contributed by atoms with E-state index in [2.05, 4.69) is 30.0 Å². The van der Waals surface area contributed by atoms with Crippen molar-refractivity contribution < 1.29 is 4.79 Å². The molecule has 0 radical (unpaired) electrons. The Morgan fingerprint density at radius 2 is 2.24 bits per heavy atom. The lowest BCUT2D eigenvalue weighted by Gasteiger charge is -2.03. The van der Waals surface area contributed by atoms with Gasteiger partial charge in [-0.1, -0.05) is 19.8 Å². The number of carbonyl (C=O) groups excluding carboxylic acids is 1. The van der Waals surface area contributed by atoms with Crippen LogP contribution in [0.4, 0.5) is 0 Å². The summed E-state index contributed by atoms with van der Waals surface area (Å²) in [6, 6.07) is 1.91. The van der Waals surface area contributed by atoms with Gasteiger partial charge < -0.3 is 5.73 Å².